The number of carbonyl (C=O) groups excluding carboxylic acids is 2. The van der Waals surface area contributed by atoms with Crippen molar-refractivity contribution in [3.63, 3.8) is 0 Å². The lowest BCUT2D eigenvalue weighted by Gasteiger charge is -2.12. The average Bonchev–Trinajstić information content (AvgIpc) is 3.41. The molecule has 1 saturated heterocycles. The Morgan fingerprint density at radius 3 is 2.68 bits per heavy atom. The van der Waals surface area contributed by atoms with Crippen LogP contribution in [0.4, 0.5) is 4.79 Å². The molecule has 0 spiro atoms. The predicted molar refractivity (Wildman–Crippen MR) is 138 cm³/mol. The number of nitrogens with one attached hydrogen (secondary N) is 1. The Kier molecular flexibility index (Phi) is 10.1. The van der Waals surface area contributed by atoms with Crippen LogP contribution in [0.2, 0.25) is 0 Å². The largest absolute Gasteiger partial charge is 0.507 e. The number of ketones is 1. The summed E-state index contributed by atoms with van der Waals surface area (Å²) in [5, 5.41) is 12.9. The van der Waals surface area contributed by atoms with E-state index in [1.807, 2.05) is 19.1 Å². The summed E-state index contributed by atoms with van der Waals surface area (Å²) in [6, 6.07) is 8.54. The number of benzene rings is 1. The second-order valence-electron chi connectivity index (χ2n) is 8.88. The van der Waals surface area contributed by atoms with E-state index in [4.69, 9.17) is 13.9 Å². The van der Waals surface area contributed by atoms with Crippen LogP contribution in [0.15, 0.2) is 57.4 Å². The topological polar surface area (TPSA) is 124 Å². The van der Waals surface area contributed by atoms with Crippen LogP contribution in [0.5, 0.6) is 11.5 Å². The number of amides is 1. The van der Waals surface area contributed by atoms with Crippen molar-refractivity contribution in [1.29, 1.82) is 0 Å². The summed E-state index contributed by atoms with van der Waals surface area (Å²) in [6.07, 6.45) is 7.61. The molecule has 0 radical (unpaired) electrons. The number of methoxy groups -OCH3 is 1. The maximum Gasteiger partial charge on any atom is 0.410 e. The fourth-order valence-electron chi connectivity index (χ4n) is 3.85. The van der Waals surface area contributed by atoms with E-state index in [0.29, 0.717) is 25.2 Å². The van der Waals surface area contributed by atoms with Crippen LogP contribution < -0.4 is 15.7 Å². The minimum atomic E-state index is -0.889. The van der Waals surface area contributed by atoms with Gasteiger partial charge < -0.3 is 23.7 Å². The molecule has 2 heterocycles. The minimum absolute atomic E-state index is 0.125. The smallest absolute Gasteiger partial charge is 0.410 e. The van der Waals surface area contributed by atoms with E-state index in [0.717, 1.165) is 25.0 Å². The van der Waals surface area contributed by atoms with E-state index in [2.05, 4.69) is 10.1 Å². The van der Waals surface area contributed by atoms with Crippen molar-refractivity contribution in [2.75, 3.05) is 20.3 Å². The van der Waals surface area contributed by atoms with Crippen LogP contribution in [0.25, 0.3) is 6.08 Å². The monoisotopic (exact) mass is 511 g/mol. The first kappa shape index (κ1) is 27.7. The number of rotatable bonds is 11. The van der Waals surface area contributed by atoms with Crippen molar-refractivity contribution in [3.05, 3.63) is 75.5 Å². The lowest BCUT2D eigenvalue weighted by atomic mass is 9.99. The lowest BCUT2D eigenvalue weighted by Crippen LogP contribution is -2.17. The number of allylic oxidation sites excluding steroid dienone is 2. The first-order valence-corrected chi connectivity index (χ1v) is 12.2. The zero-order valence-corrected chi connectivity index (χ0v) is 21.3. The quantitative estimate of drug-likeness (QED) is 0.321. The zero-order chi connectivity index (χ0) is 26.8. The SMILES string of the molecule is COC(=O)N/C=C/CCC(C)c1cc(O)c(C(=O)/C(C)=C/c2ccc(OCC3CCCO3)cc2)c(=O)o1. The molecule has 9 nitrogen and oxygen atoms in total. The summed E-state index contributed by atoms with van der Waals surface area (Å²) >= 11 is 0. The Morgan fingerprint density at radius 1 is 1.27 bits per heavy atom. The van der Waals surface area contributed by atoms with Crippen molar-refractivity contribution < 1.29 is 33.3 Å². The second-order valence-corrected chi connectivity index (χ2v) is 8.88. The van der Waals surface area contributed by atoms with Crippen LogP contribution in [-0.4, -0.2) is 43.4 Å². The zero-order valence-electron chi connectivity index (χ0n) is 21.3. The Morgan fingerprint density at radius 2 is 2.03 bits per heavy atom. The normalized spacial score (nSPS) is 16.5. The molecular formula is C28H33NO8. The van der Waals surface area contributed by atoms with E-state index in [-0.39, 0.29) is 23.4 Å². The number of hydrogen-bond acceptors (Lipinski definition) is 8. The van der Waals surface area contributed by atoms with Crippen LogP contribution in [0, 0.1) is 0 Å². The standard InChI is InChI=1S/C28H33NO8/c1-18(7-4-5-13-29-28(33)34-3)24-16-23(30)25(27(32)37-24)26(31)19(2)15-20-9-11-21(12-10-20)36-17-22-8-6-14-35-22/h5,9-13,15-16,18,22,30H,4,6-8,14,17H2,1-3H3,(H,29,33)/b13-5+,19-15+. The van der Waals surface area contributed by atoms with Gasteiger partial charge in [-0.05, 0) is 62.0 Å². The third-order valence-corrected chi connectivity index (χ3v) is 6.01. The highest BCUT2D eigenvalue weighted by atomic mass is 16.5. The van der Waals surface area contributed by atoms with Crippen molar-refractivity contribution in [3.8, 4) is 11.5 Å². The maximum absolute atomic E-state index is 12.9. The van der Waals surface area contributed by atoms with Gasteiger partial charge in [-0.15, -0.1) is 0 Å². The van der Waals surface area contributed by atoms with E-state index >= 15 is 0 Å². The molecule has 2 aromatic rings. The third-order valence-electron chi connectivity index (χ3n) is 6.01. The van der Waals surface area contributed by atoms with Gasteiger partial charge in [-0.2, -0.15) is 0 Å². The molecule has 2 atom stereocenters. The maximum atomic E-state index is 12.9. The molecule has 1 aliphatic heterocycles. The summed E-state index contributed by atoms with van der Waals surface area (Å²) in [7, 11) is 1.27. The molecule has 0 aliphatic carbocycles. The van der Waals surface area contributed by atoms with Gasteiger partial charge in [-0.1, -0.05) is 25.1 Å². The molecule has 1 amide bonds. The number of hydrogen-bond donors (Lipinski definition) is 2. The van der Waals surface area contributed by atoms with Gasteiger partial charge in [-0.25, -0.2) is 9.59 Å². The third kappa shape index (κ3) is 8.08. The minimum Gasteiger partial charge on any atom is -0.507 e. The van der Waals surface area contributed by atoms with Gasteiger partial charge in [0.15, 0.2) is 5.78 Å². The van der Waals surface area contributed by atoms with Gasteiger partial charge in [0.05, 0.1) is 13.2 Å². The van der Waals surface area contributed by atoms with E-state index < -0.39 is 28.8 Å². The summed E-state index contributed by atoms with van der Waals surface area (Å²) < 4.78 is 21.1. The molecule has 198 valence electrons. The Balaban J connectivity index is 1.61. The molecule has 1 fully saturated rings. The first-order chi connectivity index (χ1) is 17.8. The highest BCUT2D eigenvalue weighted by Gasteiger charge is 2.22. The molecular weight excluding hydrogens is 478 g/mol. The fraction of sp³-hybridized carbons (Fsp3) is 0.393. The molecule has 1 aliphatic rings. The molecule has 37 heavy (non-hydrogen) atoms. The number of aromatic hydroxyl groups is 1. The molecule has 0 bridgehead atoms. The first-order valence-electron chi connectivity index (χ1n) is 12.2. The lowest BCUT2D eigenvalue weighted by molar-refractivity contribution is 0.0679. The molecule has 2 unspecified atom stereocenters. The number of alkyl carbamates (subject to hydrolysis) is 1. The molecule has 3 rings (SSSR count). The summed E-state index contributed by atoms with van der Waals surface area (Å²) in [6.45, 7) is 4.68. The van der Waals surface area contributed by atoms with Crippen molar-refractivity contribution >= 4 is 18.0 Å². The predicted octanol–water partition coefficient (Wildman–Crippen LogP) is 4.94. The molecule has 1 aromatic carbocycles. The summed E-state index contributed by atoms with van der Waals surface area (Å²) in [4.78, 5) is 36.5. The Hall–Kier alpha value is -3.85. The number of Topliss-reactive ketones (excluding diaryl/α,β-unsaturated/α-hetero) is 1. The van der Waals surface area contributed by atoms with Gasteiger partial charge in [-0.3, -0.25) is 10.1 Å². The van der Waals surface area contributed by atoms with Crippen LogP contribution in [0.1, 0.15) is 67.1 Å². The van der Waals surface area contributed by atoms with Crippen LogP contribution in [-0.2, 0) is 9.47 Å². The van der Waals surface area contributed by atoms with E-state index in [9.17, 15) is 19.5 Å². The van der Waals surface area contributed by atoms with Gasteiger partial charge in [0.2, 0.25) is 0 Å². The summed E-state index contributed by atoms with van der Waals surface area (Å²) in [5.74, 6) is -0.260. The van der Waals surface area contributed by atoms with Crippen molar-refractivity contribution in [1.82, 2.24) is 5.32 Å². The molecule has 0 saturated carbocycles. The second kappa shape index (κ2) is 13.5. The van der Waals surface area contributed by atoms with Crippen LogP contribution in [0.3, 0.4) is 0 Å². The van der Waals surface area contributed by atoms with Crippen LogP contribution >= 0.6 is 0 Å². The fourth-order valence-corrected chi connectivity index (χ4v) is 3.85. The number of ether oxygens (including phenoxy) is 3. The van der Waals surface area contributed by atoms with E-state index in [1.54, 1.807) is 31.2 Å². The molecule has 1 aromatic heterocycles. The van der Waals surface area contributed by atoms with Gasteiger partial charge in [0.1, 0.15) is 29.4 Å². The highest BCUT2D eigenvalue weighted by molar-refractivity contribution is 6.12. The number of carbonyl (C=O) groups is 2. The van der Waals surface area contributed by atoms with E-state index in [1.165, 1.54) is 19.4 Å². The van der Waals surface area contributed by atoms with Gasteiger partial charge in [0.25, 0.3) is 0 Å². The van der Waals surface area contributed by atoms with Gasteiger partial charge in [0, 0.05) is 24.8 Å². The summed E-state index contributed by atoms with van der Waals surface area (Å²) in [5.41, 5.74) is -0.261. The molecule has 9 heteroatoms. The Bertz CT molecular complexity index is 1190. The molecule has 2 N–H and O–H groups in total. The average molecular weight is 512 g/mol. The highest BCUT2D eigenvalue weighted by Crippen LogP contribution is 2.26. The van der Waals surface area contributed by atoms with Crippen molar-refractivity contribution in [2.45, 2.75) is 51.6 Å². The van der Waals surface area contributed by atoms with Gasteiger partial charge >= 0.3 is 11.7 Å². The Labute approximate surface area is 215 Å². The van der Waals surface area contributed by atoms with Crippen molar-refractivity contribution in [2.24, 2.45) is 0 Å².